The first kappa shape index (κ1) is 23.4. The van der Waals surface area contributed by atoms with Gasteiger partial charge in [-0.2, -0.15) is 0 Å². The molecule has 0 aromatic heterocycles. The van der Waals surface area contributed by atoms with E-state index in [0.717, 1.165) is 10.6 Å². The van der Waals surface area contributed by atoms with Gasteiger partial charge in [0.2, 0.25) is 5.82 Å². The summed E-state index contributed by atoms with van der Waals surface area (Å²) in [6.07, 6.45) is 0. The fourth-order valence-electron chi connectivity index (χ4n) is 3.30. The van der Waals surface area contributed by atoms with Gasteiger partial charge in [0.05, 0.1) is 5.56 Å². The molecule has 0 aliphatic rings. The van der Waals surface area contributed by atoms with Gasteiger partial charge in [-0.25, -0.2) is 22.0 Å². The molecule has 4 aromatic rings. The maximum Gasteiger partial charge on any atom is 0.200 e. The Bertz CT molecular complexity index is 1130. The van der Waals surface area contributed by atoms with Crippen LogP contribution in [0.4, 0.5) is 22.0 Å². The Balaban J connectivity index is 0.00000272. The fourth-order valence-corrected chi connectivity index (χ4v) is 5.76. The molecule has 0 saturated carbocycles. The van der Waals surface area contributed by atoms with Crippen LogP contribution >= 0.6 is 7.92 Å². The van der Waals surface area contributed by atoms with Crippen LogP contribution in [-0.2, 0) is 22.4 Å². The Labute approximate surface area is 193 Å². The molecular weight excluding hydrogens is 611 g/mol. The zero-order valence-electron chi connectivity index (χ0n) is 15.7. The smallest absolute Gasteiger partial charge is 0.200 e. The van der Waals surface area contributed by atoms with Gasteiger partial charge in [0.1, 0.15) is 0 Å². The van der Waals surface area contributed by atoms with E-state index in [1.54, 1.807) is 12.1 Å². The maximum atomic E-state index is 14.6. The molecule has 1 radical (unpaired) electrons. The second-order valence-electron chi connectivity index (χ2n) is 6.47. The molecule has 4 rings (SSSR count). The molecule has 0 fully saturated rings. The van der Waals surface area contributed by atoms with E-state index in [-0.39, 0.29) is 27.9 Å². The monoisotopic (exact) mass is 625 g/mol. The second kappa shape index (κ2) is 9.88. The summed E-state index contributed by atoms with van der Waals surface area (Å²) >= 11 is 0. The standard InChI is InChI=1S/C24H14F5P.Au/c25-20-19(21(26)23(28)24(29)22(20)27)17-13-7-8-14-18(17)30(15-9-3-1-4-10-15)16-11-5-2-6-12-16;/h1-14H;. The van der Waals surface area contributed by atoms with Crippen LogP contribution in [0.2, 0.25) is 0 Å². The molecule has 0 saturated heterocycles. The maximum absolute atomic E-state index is 14.6. The van der Waals surface area contributed by atoms with E-state index in [9.17, 15) is 22.0 Å². The van der Waals surface area contributed by atoms with Gasteiger partial charge >= 0.3 is 0 Å². The van der Waals surface area contributed by atoms with Crippen molar-refractivity contribution < 1.29 is 44.3 Å². The van der Waals surface area contributed by atoms with Crippen molar-refractivity contribution in [2.75, 3.05) is 0 Å². The quantitative estimate of drug-likeness (QED) is 0.0885. The molecular formula is C24H14AuF5P. The largest absolute Gasteiger partial charge is 0.203 e. The molecule has 0 amide bonds. The molecule has 7 heteroatoms. The molecule has 161 valence electrons. The van der Waals surface area contributed by atoms with Crippen molar-refractivity contribution in [2.45, 2.75) is 0 Å². The average Bonchev–Trinajstić information content (AvgIpc) is 2.79. The van der Waals surface area contributed by atoms with Crippen LogP contribution in [0.5, 0.6) is 0 Å². The molecule has 0 bridgehead atoms. The van der Waals surface area contributed by atoms with Gasteiger partial charge < -0.3 is 0 Å². The molecule has 4 aromatic carbocycles. The third-order valence-corrected chi connectivity index (χ3v) is 7.15. The van der Waals surface area contributed by atoms with Gasteiger partial charge in [-0.1, -0.05) is 84.9 Å². The molecule has 0 aliphatic carbocycles. The summed E-state index contributed by atoms with van der Waals surface area (Å²) in [6.45, 7) is 0. The Morgan fingerprint density at radius 3 is 1.32 bits per heavy atom. The van der Waals surface area contributed by atoms with Gasteiger partial charge in [0, 0.05) is 22.4 Å². The SMILES string of the molecule is Fc1c(F)c(F)c(-c2ccccc2P(c2ccccc2)c2ccccc2)c(F)c1F.[Au]. The normalized spacial score (nSPS) is 10.8. The Kier molecular flexibility index (Phi) is 7.45. The van der Waals surface area contributed by atoms with Gasteiger partial charge in [-0.05, 0) is 29.4 Å². The first-order chi connectivity index (χ1) is 14.5. The summed E-state index contributed by atoms with van der Waals surface area (Å²) in [5, 5.41) is 2.26. The van der Waals surface area contributed by atoms with Crippen molar-refractivity contribution in [3.05, 3.63) is 114 Å². The minimum absolute atomic E-state index is 0. The predicted octanol–water partition coefficient (Wildman–Crippen LogP) is 5.80. The van der Waals surface area contributed by atoms with Crippen molar-refractivity contribution in [1.82, 2.24) is 0 Å². The first-order valence-electron chi connectivity index (χ1n) is 9.01. The van der Waals surface area contributed by atoms with Crippen LogP contribution in [0.25, 0.3) is 11.1 Å². The van der Waals surface area contributed by atoms with Crippen LogP contribution in [0.1, 0.15) is 0 Å². The fraction of sp³-hybridized carbons (Fsp3) is 0. The van der Waals surface area contributed by atoms with E-state index >= 15 is 0 Å². The van der Waals surface area contributed by atoms with E-state index < -0.39 is 42.6 Å². The zero-order chi connectivity index (χ0) is 21.3. The Morgan fingerprint density at radius 1 is 0.452 bits per heavy atom. The Hall–Kier alpha value is -2.30. The molecule has 0 aliphatic heterocycles. The van der Waals surface area contributed by atoms with E-state index in [4.69, 9.17) is 0 Å². The molecule has 0 N–H and O–H groups in total. The summed E-state index contributed by atoms with van der Waals surface area (Å²) in [7, 11) is -1.31. The van der Waals surface area contributed by atoms with E-state index in [0.29, 0.717) is 5.30 Å². The molecule has 0 atom stereocenters. The third kappa shape index (κ3) is 4.37. The van der Waals surface area contributed by atoms with Crippen LogP contribution in [0.15, 0.2) is 84.9 Å². The molecule has 31 heavy (non-hydrogen) atoms. The zero-order valence-corrected chi connectivity index (χ0v) is 18.8. The van der Waals surface area contributed by atoms with Crippen molar-refractivity contribution in [1.29, 1.82) is 0 Å². The number of benzene rings is 4. The number of rotatable bonds is 4. The first-order valence-corrected chi connectivity index (χ1v) is 10.4. The minimum Gasteiger partial charge on any atom is -0.203 e. The predicted molar refractivity (Wildman–Crippen MR) is 110 cm³/mol. The molecule has 0 unspecified atom stereocenters. The van der Waals surface area contributed by atoms with E-state index in [2.05, 4.69) is 0 Å². The minimum atomic E-state index is -2.17. The van der Waals surface area contributed by atoms with Crippen molar-refractivity contribution in [3.8, 4) is 11.1 Å². The second-order valence-corrected chi connectivity index (χ2v) is 8.65. The van der Waals surface area contributed by atoms with Crippen LogP contribution < -0.4 is 15.9 Å². The summed E-state index contributed by atoms with van der Waals surface area (Å²) in [5.74, 6) is -9.76. The molecule has 0 spiro atoms. The van der Waals surface area contributed by atoms with E-state index in [1.165, 1.54) is 12.1 Å². The van der Waals surface area contributed by atoms with Crippen LogP contribution in [-0.4, -0.2) is 0 Å². The van der Waals surface area contributed by atoms with Crippen LogP contribution in [0, 0.1) is 29.1 Å². The number of hydrogen-bond acceptors (Lipinski definition) is 0. The van der Waals surface area contributed by atoms with Gasteiger partial charge in [-0.15, -0.1) is 0 Å². The van der Waals surface area contributed by atoms with E-state index in [1.807, 2.05) is 60.7 Å². The van der Waals surface area contributed by atoms with Crippen molar-refractivity contribution in [2.24, 2.45) is 0 Å². The summed E-state index contributed by atoms with van der Waals surface area (Å²) < 4.78 is 70.6. The topological polar surface area (TPSA) is 0 Å². The Morgan fingerprint density at radius 2 is 0.839 bits per heavy atom. The van der Waals surface area contributed by atoms with Crippen molar-refractivity contribution in [3.63, 3.8) is 0 Å². The molecule has 0 heterocycles. The van der Waals surface area contributed by atoms with Crippen molar-refractivity contribution >= 4 is 23.8 Å². The summed E-state index contributed by atoms with van der Waals surface area (Å²) in [5.41, 5.74) is -0.939. The average molecular weight is 625 g/mol. The summed E-state index contributed by atoms with van der Waals surface area (Å²) in [4.78, 5) is 0. The van der Waals surface area contributed by atoms with Gasteiger partial charge in [0.25, 0.3) is 0 Å². The van der Waals surface area contributed by atoms with Gasteiger partial charge in [0.15, 0.2) is 23.3 Å². The van der Waals surface area contributed by atoms with Crippen LogP contribution in [0.3, 0.4) is 0 Å². The summed E-state index contributed by atoms with van der Waals surface area (Å²) in [6, 6.07) is 24.8. The number of hydrogen-bond donors (Lipinski definition) is 0. The van der Waals surface area contributed by atoms with Gasteiger partial charge in [-0.3, -0.25) is 0 Å². The number of halogens is 5. The molecule has 0 nitrogen and oxygen atoms in total. The third-order valence-electron chi connectivity index (χ3n) is 4.65.